The molecule has 0 aromatic heterocycles. The standard InChI is InChI=1S/C13H15FN2O2S/c1-7-8(14)4-3-5-9(7)16-12(18)11-10(17)6-15-13(11)19-2/h3-5,10-11,17H,6H2,1-2H3,(H,16,18). The number of aliphatic hydroxyl groups excluding tert-OH is 1. The lowest BCUT2D eigenvalue weighted by atomic mass is 10.0. The number of hydrogen-bond acceptors (Lipinski definition) is 4. The minimum atomic E-state index is -0.809. The summed E-state index contributed by atoms with van der Waals surface area (Å²) < 4.78 is 13.4. The van der Waals surface area contributed by atoms with E-state index < -0.39 is 12.0 Å². The molecule has 0 radical (unpaired) electrons. The van der Waals surface area contributed by atoms with Gasteiger partial charge in [-0.05, 0) is 25.3 Å². The predicted molar refractivity (Wildman–Crippen MR) is 75.1 cm³/mol. The molecule has 102 valence electrons. The van der Waals surface area contributed by atoms with Gasteiger partial charge in [0.05, 0.1) is 17.7 Å². The van der Waals surface area contributed by atoms with E-state index in [0.29, 0.717) is 16.3 Å². The molecule has 2 atom stereocenters. The van der Waals surface area contributed by atoms with E-state index in [2.05, 4.69) is 10.3 Å². The summed E-state index contributed by atoms with van der Waals surface area (Å²) in [7, 11) is 0. The molecule has 0 bridgehead atoms. The molecule has 0 saturated heterocycles. The topological polar surface area (TPSA) is 61.7 Å². The number of aliphatic imine (C=N–C) groups is 1. The van der Waals surface area contributed by atoms with Crippen molar-refractivity contribution >= 4 is 28.4 Å². The van der Waals surface area contributed by atoms with Gasteiger partial charge in [-0.15, -0.1) is 11.8 Å². The van der Waals surface area contributed by atoms with Gasteiger partial charge in [-0.1, -0.05) is 6.07 Å². The first-order valence-corrected chi connectivity index (χ1v) is 7.09. The van der Waals surface area contributed by atoms with Gasteiger partial charge in [0.15, 0.2) is 0 Å². The molecular weight excluding hydrogens is 267 g/mol. The average Bonchev–Trinajstić information content (AvgIpc) is 2.76. The van der Waals surface area contributed by atoms with Gasteiger partial charge in [0, 0.05) is 11.3 Å². The van der Waals surface area contributed by atoms with E-state index >= 15 is 0 Å². The highest BCUT2D eigenvalue weighted by molar-refractivity contribution is 8.13. The first kappa shape index (κ1) is 14.0. The number of anilines is 1. The first-order chi connectivity index (χ1) is 9.04. The number of carbonyl (C=O) groups excluding carboxylic acids is 1. The van der Waals surface area contributed by atoms with Crippen molar-refractivity contribution in [2.45, 2.75) is 13.0 Å². The molecule has 1 aromatic carbocycles. The lowest BCUT2D eigenvalue weighted by Gasteiger charge is -2.16. The number of nitrogens with zero attached hydrogens (tertiary/aromatic N) is 1. The molecule has 0 fully saturated rings. The summed E-state index contributed by atoms with van der Waals surface area (Å²) in [6.45, 7) is 1.83. The molecule has 1 aliphatic heterocycles. The van der Waals surface area contributed by atoms with Crippen LogP contribution < -0.4 is 5.32 Å². The third-order valence-corrected chi connectivity index (χ3v) is 3.90. The molecule has 0 saturated carbocycles. The zero-order valence-corrected chi connectivity index (χ0v) is 11.5. The molecule has 19 heavy (non-hydrogen) atoms. The maximum Gasteiger partial charge on any atom is 0.236 e. The van der Waals surface area contributed by atoms with Gasteiger partial charge in [0.25, 0.3) is 0 Å². The van der Waals surface area contributed by atoms with Crippen molar-refractivity contribution in [2.24, 2.45) is 10.9 Å². The van der Waals surface area contributed by atoms with Gasteiger partial charge in [-0.25, -0.2) is 4.39 Å². The summed E-state index contributed by atoms with van der Waals surface area (Å²) in [5.74, 6) is -1.40. The fourth-order valence-electron chi connectivity index (χ4n) is 1.98. The van der Waals surface area contributed by atoms with Crippen LogP contribution in [-0.2, 0) is 4.79 Å². The van der Waals surface area contributed by atoms with E-state index in [0.717, 1.165) is 0 Å². The number of benzene rings is 1. The smallest absolute Gasteiger partial charge is 0.236 e. The fourth-order valence-corrected chi connectivity index (χ4v) is 2.71. The number of halogens is 1. The number of rotatable bonds is 2. The van der Waals surface area contributed by atoms with Crippen LogP contribution in [0.1, 0.15) is 5.56 Å². The van der Waals surface area contributed by atoms with Gasteiger partial charge in [-0.3, -0.25) is 9.79 Å². The Balaban J connectivity index is 2.17. The molecule has 2 unspecified atom stereocenters. The molecule has 1 aromatic rings. The van der Waals surface area contributed by atoms with Crippen LogP contribution in [-0.4, -0.2) is 35.0 Å². The van der Waals surface area contributed by atoms with Crippen LogP contribution in [0.25, 0.3) is 0 Å². The van der Waals surface area contributed by atoms with Gasteiger partial charge < -0.3 is 10.4 Å². The van der Waals surface area contributed by atoms with Crippen molar-refractivity contribution in [2.75, 3.05) is 18.1 Å². The van der Waals surface area contributed by atoms with Gasteiger partial charge in [-0.2, -0.15) is 0 Å². The summed E-state index contributed by atoms with van der Waals surface area (Å²) in [6, 6.07) is 4.50. The van der Waals surface area contributed by atoms with Crippen LogP contribution in [0.3, 0.4) is 0 Å². The first-order valence-electron chi connectivity index (χ1n) is 5.87. The van der Waals surface area contributed by atoms with Crippen molar-refractivity contribution in [1.29, 1.82) is 0 Å². The summed E-state index contributed by atoms with van der Waals surface area (Å²) in [6.07, 6.45) is 1.00. The van der Waals surface area contributed by atoms with Crippen molar-refractivity contribution in [1.82, 2.24) is 0 Å². The van der Waals surface area contributed by atoms with E-state index in [-0.39, 0.29) is 18.3 Å². The average molecular weight is 282 g/mol. The van der Waals surface area contributed by atoms with Gasteiger partial charge in [0.1, 0.15) is 11.7 Å². The second kappa shape index (κ2) is 5.71. The number of aliphatic hydroxyl groups is 1. The van der Waals surface area contributed by atoms with Crippen LogP contribution in [0.15, 0.2) is 23.2 Å². The molecule has 6 heteroatoms. The highest BCUT2D eigenvalue weighted by atomic mass is 32.2. The van der Waals surface area contributed by atoms with Crippen molar-refractivity contribution in [3.8, 4) is 0 Å². The Morgan fingerprint density at radius 1 is 1.58 bits per heavy atom. The molecular formula is C13H15FN2O2S. The summed E-state index contributed by atoms with van der Waals surface area (Å²) in [5, 5.41) is 13.1. The van der Waals surface area contributed by atoms with Crippen molar-refractivity contribution < 1.29 is 14.3 Å². The Morgan fingerprint density at radius 3 is 3.00 bits per heavy atom. The summed E-state index contributed by atoms with van der Waals surface area (Å²) in [5.41, 5.74) is 0.801. The van der Waals surface area contributed by atoms with Crippen LogP contribution in [0.4, 0.5) is 10.1 Å². The number of amides is 1. The zero-order chi connectivity index (χ0) is 14.0. The van der Waals surface area contributed by atoms with Crippen LogP contribution in [0.5, 0.6) is 0 Å². The van der Waals surface area contributed by atoms with Crippen LogP contribution >= 0.6 is 11.8 Å². The van der Waals surface area contributed by atoms with Crippen molar-refractivity contribution in [3.05, 3.63) is 29.6 Å². The fraction of sp³-hybridized carbons (Fsp3) is 0.385. The van der Waals surface area contributed by atoms with E-state index in [1.165, 1.54) is 23.9 Å². The van der Waals surface area contributed by atoms with E-state index in [1.54, 1.807) is 13.0 Å². The second-order valence-corrected chi connectivity index (χ2v) is 5.16. The largest absolute Gasteiger partial charge is 0.390 e. The Morgan fingerprint density at radius 2 is 2.32 bits per heavy atom. The third-order valence-electron chi connectivity index (χ3n) is 3.10. The van der Waals surface area contributed by atoms with Gasteiger partial charge >= 0.3 is 0 Å². The van der Waals surface area contributed by atoms with Gasteiger partial charge in [0.2, 0.25) is 5.91 Å². The van der Waals surface area contributed by atoms with Crippen LogP contribution in [0, 0.1) is 18.7 Å². The lowest BCUT2D eigenvalue weighted by molar-refractivity contribution is -0.120. The normalized spacial score (nSPS) is 22.2. The lowest BCUT2D eigenvalue weighted by Crippen LogP contribution is -2.35. The number of thioether (sulfide) groups is 1. The van der Waals surface area contributed by atoms with Crippen LogP contribution in [0.2, 0.25) is 0 Å². The molecule has 1 aliphatic rings. The minimum Gasteiger partial charge on any atom is -0.390 e. The summed E-state index contributed by atoms with van der Waals surface area (Å²) in [4.78, 5) is 16.3. The molecule has 1 heterocycles. The van der Waals surface area contributed by atoms with E-state index in [9.17, 15) is 14.3 Å². The molecule has 4 nitrogen and oxygen atoms in total. The Kier molecular flexibility index (Phi) is 4.21. The number of carbonyl (C=O) groups is 1. The Hall–Kier alpha value is -1.40. The van der Waals surface area contributed by atoms with E-state index in [1.807, 2.05) is 6.26 Å². The number of hydrogen-bond donors (Lipinski definition) is 2. The maximum absolute atomic E-state index is 13.4. The third kappa shape index (κ3) is 2.79. The quantitative estimate of drug-likeness (QED) is 0.870. The second-order valence-electron chi connectivity index (χ2n) is 4.33. The molecule has 2 rings (SSSR count). The molecule has 2 N–H and O–H groups in total. The highest BCUT2D eigenvalue weighted by Crippen LogP contribution is 2.24. The Bertz CT molecular complexity index is 533. The zero-order valence-electron chi connectivity index (χ0n) is 10.7. The SMILES string of the molecule is CSC1=NCC(O)C1C(=O)Nc1cccc(F)c1C. The minimum absolute atomic E-state index is 0.233. The molecule has 0 aliphatic carbocycles. The summed E-state index contributed by atoms with van der Waals surface area (Å²) >= 11 is 1.35. The predicted octanol–water partition coefficient (Wildman–Crippen LogP) is 1.82. The van der Waals surface area contributed by atoms with Crippen molar-refractivity contribution in [3.63, 3.8) is 0 Å². The maximum atomic E-state index is 13.4. The van der Waals surface area contributed by atoms with E-state index in [4.69, 9.17) is 0 Å². The highest BCUT2D eigenvalue weighted by Gasteiger charge is 2.35. The number of nitrogens with one attached hydrogen (secondary N) is 1. The molecule has 0 spiro atoms. The molecule has 1 amide bonds. The monoisotopic (exact) mass is 282 g/mol. The Labute approximate surface area is 115 Å².